The molecule has 1 aromatic carbocycles. The van der Waals surface area contributed by atoms with Crippen LogP contribution < -0.4 is 5.73 Å². The molecule has 0 radical (unpaired) electrons. The predicted molar refractivity (Wildman–Crippen MR) is 71.0 cm³/mol. The van der Waals surface area contributed by atoms with Crippen molar-refractivity contribution in [1.29, 1.82) is 0 Å². The lowest BCUT2D eigenvalue weighted by molar-refractivity contribution is -0.118. The number of carbonyl (C=O) groups excluding carboxylic acids is 1. The third kappa shape index (κ3) is 3.51. The zero-order valence-electron chi connectivity index (χ0n) is 9.50. The van der Waals surface area contributed by atoms with Gasteiger partial charge in [-0.2, -0.15) is 11.3 Å². The minimum Gasteiger partial charge on any atom is -0.324 e. The van der Waals surface area contributed by atoms with E-state index in [2.05, 4.69) is 0 Å². The summed E-state index contributed by atoms with van der Waals surface area (Å²) in [6.07, 6.45) is 0.893. The van der Waals surface area contributed by atoms with Crippen LogP contribution in [-0.2, 0) is 11.2 Å². The molecule has 3 heteroatoms. The summed E-state index contributed by atoms with van der Waals surface area (Å²) in [6.45, 7) is 0. The summed E-state index contributed by atoms with van der Waals surface area (Å²) in [7, 11) is 0. The zero-order valence-corrected chi connectivity index (χ0v) is 10.3. The first kappa shape index (κ1) is 12.0. The van der Waals surface area contributed by atoms with E-state index in [-0.39, 0.29) is 11.8 Å². The molecule has 2 aromatic rings. The van der Waals surface area contributed by atoms with Gasteiger partial charge in [-0.05, 0) is 28.0 Å². The second kappa shape index (κ2) is 5.75. The van der Waals surface area contributed by atoms with Gasteiger partial charge in [0.1, 0.15) is 5.78 Å². The maximum absolute atomic E-state index is 11.8. The maximum atomic E-state index is 11.8. The maximum Gasteiger partial charge on any atom is 0.139 e. The highest BCUT2D eigenvalue weighted by atomic mass is 32.1. The minimum absolute atomic E-state index is 0.192. The van der Waals surface area contributed by atoms with Crippen molar-refractivity contribution in [3.63, 3.8) is 0 Å². The van der Waals surface area contributed by atoms with Crippen molar-refractivity contribution >= 4 is 17.1 Å². The van der Waals surface area contributed by atoms with Crippen molar-refractivity contribution in [2.45, 2.75) is 18.9 Å². The topological polar surface area (TPSA) is 43.1 Å². The lowest BCUT2D eigenvalue weighted by atomic mass is 10.00. The van der Waals surface area contributed by atoms with Crippen LogP contribution >= 0.6 is 11.3 Å². The second-order valence-corrected chi connectivity index (χ2v) is 4.85. The van der Waals surface area contributed by atoms with E-state index in [1.165, 1.54) is 0 Å². The van der Waals surface area contributed by atoms with E-state index in [1.807, 2.05) is 47.2 Å². The van der Waals surface area contributed by atoms with Crippen molar-refractivity contribution in [2.75, 3.05) is 0 Å². The van der Waals surface area contributed by atoms with E-state index in [1.54, 1.807) is 11.3 Å². The van der Waals surface area contributed by atoms with E-state index < -0.39 is 0 Å². The van der Waals surface area contributed by atoms with Gasteiger partial charge in [-0.15, -0.1) is 0 Å². The van der Waals surface area contributed by atoms with Crippen LogP contribution in [0.3, 0.4) is 0 Å². The molecule has 0 saturated carbocycles. The highest BCUT2D eigenvalue weighted by molar-refractivity contribution is 7.07. The van der Waals surface area contributed by atoms with Crippen LogP contribution in [0.25, 0.3) is 0 Å². The molecule has 0 amide bonds. The molecule has 0 fully saturated rings. The van der Waals surface area contributed by atoms with Crippen LogP contribution in [0.1, 0.15) is 23.6 Å². The van der Waals surface area contributed by atoms with Crippen LogP contribution in [-0.4, -0.2) is 5.78 Å². The monoisotopic (exact) mass is 245 g/mol. The highest BCUT2D eigenvalue weighted by Crippen LogP contribution is 2.15. The van der Waals surface area contributed by atoms with Gasteiger partial charge in [0.15, 0.2) is 0 Å². The summed E-state index contributed by atoms with van der Waals surface area (Å²) in [5.41, 5.74) is 8.11. The highest BCUT2D eigenvalue weighted by Gasteiger charge is 2.11. The van der Waals surface area contributed by atoms with Crippen molar-refractivity contribution in [3.8, 4) is 0 Å². The van der Waals surface area contributed by atoms with Gasteiger partial charge in [-0.25, -0.2) is 0 Å². The number of hydrogen-bond donors (Lipinski definition) is 1. The predicted octanol–water partition coefficient (Wildman–Crippen LogP) is 2.95. The van der Waals surface area contributed by atoms with Gasteiger partial charge in [-0.1, -0.05) is 30.3 Å². The van der Waals surface area contributed by atoms with Gasteiger partial charge in [0.25, 0.3) is 0 Å². The number of hydrogen-bond acceptors (Lipinski definition) is 3. The Morgan fingerprint density at radius 1 is 1.24 bits per heavy atom. The normalized spacial score (nSPS) is 12.3. The first-order chi connectivity index (χ1) is 8.25. The molecular weight excluding hydrogens is 230 g/mol. The number of carbonyl (C=O) groups is 1. The molecule has 2 rings (SSSR count). The molecule has 0 aliphatic heterocycles. The summed E-state index contributed by atoms with van der Waals surface area (Å²) in [5.74, 6) is 0.194. The van der Waals surface area contributed by atoms with Gasteiger partial charge in [-0.3, -0.25) is 4.79 Å². The Morgan fingerprint density at radius 3 is 2.65 bits per heavy atom. The molecule has 0 saturated heterocycles. The molecule has 1 heterocycles. The van der Waals surface area contributed by atoms with Crippen LogP contribution in [0.15, 0.2) is 47.2 Å². The fraction of sp³-hybridized carbons (Fsp3) is 0.214. The van der Waals surface area contributed by atoms with Gasteiger partial charge in [0, 0.05) is 18.9 Å². The molecule has 1 atom stereocenters. The van der Waals surface area contributed by atoms with Crippen LogP contribution in [0.5, 0.6) is 0 Å². The number of Topliss-reactive ketones (excluding diaryl/α,β-unsaturated/α-hetero) is 1. The summed E-state index contributed by atoms with van der Waals surface area (Å²) < 4.78 is 0. The molecule has 17 heavy (non-hydrogen) atoms. The Balaban J connectivity index is 1.91. The minimum atomic E-state index is -0.192. The Morgan fingerprint density at radius 2 is 2.00 bits per heavy atom. The molecule has 1 unspecified atom stereocenters. The van der Waals surface area contributed by atoms with E-state index in [4.69, 9.17) is 5.73 Å². The number of ketones is 1. The molecule has 1 aromatic heterocycles. The quantitative estimate of drug-likeness (QED) is 0.880. The molecule has 88 valence electrons. The fourth-order valence-corrected chi connectivity index (χ4v) is 2.43. The Hall–Kier alpha value is -1.45. The Labute approximate surface area is 105 Å². The standard InChI is InChI=1S/C14H15NOS/c15-14(12-4-2-1-3-5-12)9-13(16)8-11-6-7-17-10-11/h1-7,10,14H,8-9,15H2. The Bertz CT molecular complexity index is 464. The molecule has 0 bridgehead atoms. The molecule has 0 aliphatic rings. The van der Waals surface area contributed by atoms with Crippen molar-refractivity contribution in [2.24, 2.45) is 5.73 Å². The number of benzene rings is 1. The SMILES string of the molecule is NC(CC(=O)Cc1ccsc1)c1ccccc1. The van der Waals surface area contributed by atoms with Crippen molar-refractivity contribution in [1.82, 2.24) is 0 Å². The second-order valence-electron chi connectivity index (χ2n) is 4.07. The summed E-state index contributed by atoms with van der Waals surface area (Å²) in [6, 6.07) is 11.5. The van der Waals surface area contributed by atoms with E-state index in [9.17, 15) is 4.79 Å². The van der Waals surface area contributed by atoms with Gasteiger partial charge in [0.2, 0.25) is 0 Å². The third-order valence-electron chi connectivity index (χ3n) is 2.66. The smallest absolute Gasteiger partial charge is 0.139 e. The van der Waals surface area contributed by atoms with Crippen LogP contribution in [0, 0.1) is 0 Å². The van der Waals surface area contributed by atoms with Crippen molar-refractivity contribution < 1.29 is 4.79 Å². The zero-order chi connectivity index (χ0) is 12.1. The average molecular weight is 245 g/mol. The van der Waals surface area contributed by atoms with E-state index in [0.717, 1.165) is 11.1 Å². The number of nitrogens with two attached hydrogens (primary N) is 1. The van der Waals surface area contributed by atoms with Gasteiger partial charge < -0.3 is 5.73 Å². The lowest BCUT2D eigenvalue weighted by Crippen LogP contribution is -2.16. The molecule has 2 nitrogen and oxygen atoms in total. The number of thiophene rings is 1. The Kier molecular flexibility index (Phi) is 4.07. The van der Waals surface area contributed by atoms with Gasteiger partial charge >= 0.3 is 0 Å². The third-order valence-corrected chi connectivity index (χ3v) is 3.39. The summed E-state index contributed by atoms with van der Waals surface area (Å²) >= 11 is 1.61. The first-order valence-corrected chi connectivity index (χ1v) is 6.53. The number of rotatable bonds is 5. The molecule has 2 N–H and O–H groups in total. The first-order valence-electron chi connectivity index (χ1n) is 5.59. The fourth-order valence-electron chi connectivity index (χ4n) is 1.76. The van der Waals surface area contributed by atoms with E-state index in [0.29, 0.717) is 12.8 Å². The lowest BCUT2D eigenvalue weighted by Gasteiger charge is -2.10. The van der Waals surface area contributed by atoms with E-state index >= 15 is 0 Å². The van der Waals surface area contributed by atoms with Gasteiger partial charge in [0.05, 0.1) is 0 Å². The molecular formula is C14H15NOS. The summed E-state index contributed by atoms with van der Waals surface area (Å²) in [5, 5.41) is 3.99. The molecule has 0 aliphatic carbocycles. The average Bonchev–Trinajstić information content (AvgIpc) is 2.82. The molecule has 0 spiro atoms. The largest absolute Gasteiger partial charge is 0.324 e. The summed E-state index contributed by atoms with van der Waals surface area (Å²) in [4.78, 5) is 11.8. The van der Waals surface area contributed by atoms with Crippen molar-refractivity contribution in [3.05, 3.63) is 58.3 Å². The van der Waals surface area contributed by atoms with Crippen LogP contribution in [0.4, 0.5) is 0 Å². The van der Waals surface area contributed by atoms with Crippen LogP contribution in [0.2, 0.25) is 0 Å².